The normalized spacial score (nSPS) is 42.9. The molecule has 2 rings (SSSR count). The Kier molecular flexibility index (Phi) is 2.46. The van der Waals surface area contributed by atoms with Crippen molar-refractivity contribution in [2.24, 2.45) is 0 Å². The van der Waals surface area contributed by atoms with E-state index in [1.54, 1.807) is 13.8 Å². The van der Waals surface area contributed by atoms with Crippen molar-refractivity contribution < 1.29 is 28.8 Å². The minimum Gasteiger partial charge on any atom is -0.479 e. The van der Waals surface area contributed by atoms with Crippen molar-refractivity contribution in [3.63, 3.8) is 0 Å². The van der Waals surface area contributed by atoms with E-state index < -0.39 is 36.4 Å². The van der Waals surface area contributed by atoms with Crippen molar-refractivity contribution in [3.8, 4) is 0 Å². The van der Waals surface area contributed by atoms with E-state index >= 15 is 0 Å². The van der Waals surface area contributed by atoms with Crippen LogP contribution in [0.3, 0.4) is 0 Å². The van der Waals surface area contributed by atoms with Crippen LogP contribution in [0.4, 0.5) is 0 Å². The van der Waals surface area contributed by atoms with Gasteiger partial charge < -0.3 is 24.1 Å². The Morgan fingerprint density at radius 2 is 1.93 bits per heavy atom. The van der Waals surface area contributed by atoms with Crippen molar-refractivity contribution in [3.05, 3.63) is 0 Å². The molecule has 6 nitrogen and oxygen atoms in total. The number of hydrogen-bond acceptors (Lipinski definition) is 5. The average molecular weight is 218 g/mol. The SMILES string of the molecule is COC1OC(C(=O)O)[C@@H]2OC(C)(C)O[C@@H]12. The summed E-state index contributed by atoms with van der Waals surface area (Å²) < 4.78 is 21.2. The molecular weight excluding hydrogens is 204 g/mol. The monoisotopic (exact) mass is 218 g/mol. The topological polar surface area (TPSA) is 74.2 Å². The van der Waals surface area contributed by atoms with E-state index in [1.165, 1.54) is 7.11 Å². The van der Waals surface area contributed by atoms with Crippen LogP contribution in [0.25, 0.3) is 0 Å². The summed E-state index contributed by atoms with van der Waals surface area (Å²) in [4.78, 5) is 10.9. The molecule has 0 saturated carbocycles. The predicted octanol–water partition coefficient (Wildman–Crippen LogP) is -0.0376. The van der Waals surface area contributed by atoms with E-state index in [0.717, 1.165) is 0 Å². The Balaban J connectivity index is 2.19. The molecule has 86 valence electrons. The van der Waals surface area contributed by atoms with Gasteiger partial charge in [-0.15, -0.1) is 0 Å². The second kappa shape index (κ2) is 3.41. The summed E-state index contributed by atoms with van der Waals surface area (Å²) >= 11 is 0. The lowest BCUT2D eigenvalue weighted by atomic mass is 10.1. The van der Waals surface area contributed by atoms with Crippen LogP contribution in [0.1, 0.15) is 13.8 Å². The summed E-state index contributed by atoms with van der Waals surface area (Å²) in [6.07, 6.45) is -2.80. The maximum absolute atomic E-state index is 10.9. The number of aliphatic carboxylic acids is 1. The number of rotatable bonds is 2. The molecule has 0 spiro atoms. The molecule has 0 bridgehead atoms. The molecule has 2 unspecified atom stereocenters. The van der Waals surface area contributed by atoms with Crippen LogP contribution in [-0.2, 0) is 23.7 Å². The van der Waals surface area contributed by atoms with Crippen LogP contribution in [0.5, 0.6) is 0 Å². The van der Waals surface area contributed by atoms with Crippen LogP contribution >= 0.6 is 0 Å². The summed E-state index contributed by atoms with van der Waals surface area (Å²) in [6, 6.07) is 0. The van der Waals surface area contributed by atoms with Crippen LogP contribution in [-0.4, -0.2) is 48.6 Å². The molecule has 0 radical (unpaired) electrons. The number of hydrogen-bond donors (Lipinski definition) is 1. The smallest absolute Gasteiger partial charge is 0.335 e. The van der Waals surface area contributed by atoms with Gasteiger partial charge in [-0.25, -0.2) is 4.79 Å². The van der Waals surface area contributed by atoms with Crippen LogP contribution in [0.15, 0.2) is 0 Å². The molecule has 2 aliphatic rings. The summed E-state index contributed by atoms with van der Waals surface area (Å²) in [5.41, 5.74) is 0. The highest BCUT2D eigenvalue weighted by Gasteiger charge is 2.57. The first-order valence-corrected chi connectivity index (χ1v) is 4.71. The molecule has 1 N–H and O–H groups in total. The minimum atomic E-state index is -1.06. The molecule has 2 aliphatic heterocycles. The lowest BCUT2D eigenvalue weighted by molar-refractivity contribution is -0.229. The van der Waals surface area contributed by atoms with Gasteiger partial charge in [0.25, 0.3) is 0 Å². The lowest BCUT2D eigenvalue weighted by Gasteiger charge is -2.22. The van der Waals surface area contributed by atoms with Crippen molar-refractivity contribution in [1.82, 2.24) is 0 Å². The molecule has 4 atom stereocenters. The Morgan fingerprint density at radius 1 is 1.33 bits per heavy atom. The van der Waals surface area contributed by atoms with Gasteiger partial charge in [0.15, 0.2) is 18.2 Å². The quantitative estimate of drug-likeness (QED) is 0.701. The molecule has 15 heavy (non-hydrogen) atoms. The highest BCUT2D eigenvalue weighted by molar-refractivity contribution is 5.73. The van der Waals surface area contributed by atoms with Crippen molar-refractivity contribution >= 4 is 5.97 Å². The van der Waals surface area contributed by atoms with Gasteiger partial charge >= 0.3 is 5.97 Å². The molecule has 0 aromatic heterocycles. The molecule has 0 aromatic carbocycles. The van der Waals surface area contributed by atoms with Gasteiger partial charge in [0, 0.05) is 7.11 Å². The number of methoxy groups -OCH3 is 1. The fourth-order valence-corrected chi connectivity index (χ4v) is 1.95. The van der Waals surface area contributed by atoms with Crippen LogP contribution in [0, 0.1) is 0 Å². The van der Waals surface area contributed by atoms with Crippen molar-refractivity contribution in [1.29, 1.82) is 0 Å². The number of carboxylic acids is 1. The molecular formula is C9H14O6. The zero-order chi connectivity index (χ0) is 11.2. The summed E-state index contributed by atoms with van der Waals surface area (Å²) in [5, 5.41) is 8.93. The molecule has 2 saturated heterocycles. The zero-order valence-corrected chi connectivity index (χ0v) is 8.80. The Bertz CT molecular complexity index is 276. The summed E-state index contributed by atoms with van der Waals surface area (Å²) in [5.74, 6) is -1.85. The van der Waals surface area contributed by atoms with E-state index in [2.05, 4.69) is 0 Å². The maximum Gasteiger partial charge on any atom is 0.335 e. The van der Waals surface area contributed by atoms with Crippen LogP contribution < -0.4 is 0 Å². The number of fused-ring (bicyclic) bond motifs is 1. The number of carbonyl (C=O) groups is 1. The van der Waals surface area contributed by atoms with E-state index in [0.29, 0.717) is 0 Å². The molecule has 0 aromatic rings. The Morgan fingerprint density at radius 3 is 2.47 bits per heavy atom. The molecule has 2 heterocycles. The zero-order valence-electron chi connectivity index (χ0n) is 8.80. The van der Waals surface area contributed by atoms with Crippen LogP contribution in [0.2, 0.25) is 0 Å². The Labute approximate surface area is 87.1 Å². The number of ether oxygens (including phenoxy) is 4. The third kappa shape index (κ3) is 1.74. The minimum absolute atomic E-state index is 0.480. The highest BCUT2D eigenvalue weighted by atomic mass is 16.8. The van der Waals surface area contributed by atoms with E-state index in [1.807, 2.05) is 0 Å². The van der Waals surface area contributed by atoms with E-state index in [4.69, 9.17) is 24.1 Å². The largest absolute Gasteiger partial charge is 0.479 e. The first-order valence-electron chi connectivity index (χ1n) is 4.71. The van der Waals surface area contributed by atoms with E-state index in [-0.39, 0.29) is 0 Å². The van der Waals surface area contributed by atoms with Crippen molar-refractivity contribution in [2.45, 2.75) is 44.2 Å². The fraction of sp³-hybridized carbons (Fsp3) is 0.889. The maximum atomic E-state index is 10.9. The second-order valence-electron chi connectivity index (χ2n) is 4.06. The standard InChI is InChI=1S/C9H14O6/c1-9(2)14-4-5(7(10)11)13-8(12-3)6(4)15-9/h4-6,8H,1-3H3,(H,10,11)/t4-,5?,6+,8?/m0/s1. The molecule has 0 aliphatic carbocycles. The summed E-state index contributed by atoms with van der Waals surface area (Å²) in [6.45, 7) is 3.47. The molecule has 2 fully saturated rings. The fourth-order valence-electron chi connectivity index (χ4n) is 1.95. The van der Waals surface area contributed by atoms with Crippen molar-refractivity contribution in [2.75, 3.05) is 7.11 Å². The van der Waals surface area contributed by atoms with Gasteiger partial charge in [-0.3, -0.25) is 0 Å². The first kappa shape index (κ1) is 10.8. The highest BCUT2D eigenvalue weighted by Crippen LogP contribution is 2.38. The van der Waals surface area contributed by atoms with Gasteiger partial charge in [0.1, 0.15) is 12.2 Å². The van der Waals surface area contributed by atoms with Gasteiger partial charge in [-0.2, -0.15) is 0 Å². The molecule has 0 amide bonds. The van der Waals surface area contributed by atoms with Gasteiger partial charge in [-0.05, 0) is 13.8 Å². The number of carboxylic acid groups (broad SMARTS) is 1. The lowest BCUT2D eigenvalue weighted by Crippen LogP contribution is -2.35. The van der Waals surface area contributed by atoms with E-state index in [9.17, 15) is 4.79 Å². The van der Waals surface area contributed by atoms with Gasteiger partial charge in [0.2, 0.25) is 0 Å². The average Bonchev–Trinajstić information content (AvgIpc) is 2.57. The van der Waals surface area contributed by atoms with Gasteiger partial charge in [0.05, 0.1) is 0 Å². The molecule has 6 heteroatoms. The Hall–Kier alpha value is -0.690. The predicted molar refractivity (Wildman–Crippen MR) is 47.1 cm³/mol. The second-order valence-corrected chi connectivity index (χ2v) is 4.06. The third-order valence-corrected chi connectivity index (χ3v) is 2.49. The van der Waals surface area contributed by atoms with Gasteiger partial charge in [-0.1, -0.05) is 0 Å². The summed E-state index contributed by atoms with van der Waals surface area (Å²) in [7, 11) is 1.45. The third-order valence-electron chi connectivity index (χ3n) is 2.49. The first-order chi connectivity index (χ1) is 6.94.